The fourth-order valence-electron chi connectivity index (χ4n) is 3.21. The van der Waals surface area contributed by atoms with Gasteiger partial charge >= 0.3 is 0 Å². The fourth-order valence-corrected chi connectivity index (χ4v) is 3.21. The summed E-state index contributed by atoms with van der Waals surface area (Å²) < 4.78 is 0. The van der Waals surface area contributed by atoms with Crippen LogP contribution in [0.25, 0.3) is 10.8 Å². The van der Waals surface area contributed by atoms with Crippen molar-refractivity contribution in [3.63, 3.8) is 0 Å². The summed E-state index contributed by atoms with van der Waals surface area (Å²) in [4.78, 5) is 0. The summed E-state index contributed by atoms with van der Waals surface area (Å²) in [6.45, 7) is 3.41. The lowest BCUT2D eigenvalue weighted by Crippen LogP contribution is -1.96. The Morgan fingerprint density at radius 3 is 2.76 bits per heavy atom. The van der Waals surface area contributed by atoms with Crippen molar-refractivity contribution in [2.45, 2.75) is 31.6 Å². The lowest BCUT2D eigenvalue weighted by molar-refractivity contribution is 0.860. The summed E-state index contributed by atoms with van der Waals surface area (Å²) in [7, 11) is 0. The van der Waals surface area contributed by atoms with Crippen LogP contribution >= 0.6 is 0 Å². The Hall–Kier alpha value is -1.50. The van der Waals surface area contributed by atoms with Gasteiger partial charge in [-0.1, -0.05) is 31.2 Å². The van der Waals surface area contributed by atoms with E-state index < -0.39 is 0 Å². The summed E-state index contributed by atoms with van der Waals surface area (Å²) in [6, 6.07) is 11.4. The van der Waals surface area contributed by atoms with Crippen molar-refractivity contribution in [2.75, 3.05) is 11.9 Å². The van der Waals surface area contributed by atoms with Gasteiger partial charge < -0.3 is 5.32 Å². The predicted octanol–water partition coefficient (Wildman–Crippen LogP) is 4.25. The maximum Gasteiger partial charge on any atom is 0.0382 e. The van der Waals surface area contributed by atoms with E-state index >= 15 is 0 Å². The molecule has 1 aliphatic heterocycles. The normalized spacial score (nSPS) is 22.5. The van der Waals surface area contributed by atoms with Crippen LogP contribution in [0.15, 0.2) is 30.3 Å². The van der Waals surface area contributed by atoms with Gasteiger partial charge in [0.25, 0.3) is 0 Å². The summed E-state index contributed by atoms with van der Waals surface area (Å²) in [5.41, 5.74) is 4.45. The van der Waals surface area contributed by atoms with E-state index in [0.717, 1.165) is 12.5 Å². The quantitative estimate of drug-likeness (QED) is 0.762. The molecule has 0 radical (unpaired) electrons. The molecule has 1 atom stereocenters. The Balaban J connectivity index is 2.05. The lowest BCUT2D eigenvalue weighted by atomic mass is 9.92. The molecule has 2 aromatic rings. The minimum absolute atomic E-state index is 0.642. The summed E-state index contributed by atoms with van der Waals surface area (Å²) >= 11 is 0. The molecule has 1 heteroatoms. The highest BCUT2D eigenvalue weighted by molar-refractivity contribution is 5.94. The van der Waals surface area contributed by atoms with E-state index in [1.54, 1.807) is 5.56 Å². The van der Waals surface area contributed by atoms with E-state index in [4.69, 9.17) is 0 Å². The Labute approximate surface area is 102 Å². The topological polar surface area (TPSA) is 12.0 Å². The first-order chi connectivity index (χ1) is 8.34. The van der Waals surface area contributed by atoms with Crippen LogP contribution in [0.4, 0.5) is 5.69 Å². The monoisotopic (exact) mass is 223 g/mol. The average Bonchev–Trinajstić information content (AvgIpc) is 3.13. The Kier molecular flexibility index (Phi) is 1.82. The zero-order chi connectivity index (χ0) is 11.4. The molecule has 1 unspecified atom stereocenters. The summed E-state index contributed by atoms with van der Waals surface area (Å²) in [5, 5.41) is 6.47. The summed E-state index contributed by atoms with van der Waals surface area (Å²) in [5.74, 6) is 1.48. The van der Waals surface area contributed by atoms with Crippen LogP contribution in [0.2, 0.25) is 0 Å². The number of nitrogens with one attached hydrogen (secondary N) is 1. The summed E-state index contributed by atoms with van der Waals surface area (Å²) in [6.07, 6.45) is 2.76. The molecule has 86 valence electrons. The van der Waals surface area contributed by atoms with Crippen LogP contribution in [-0.2, 0) is 0 Å². The van der Waals surface area contributed by atoms with E-state index in [1.807, 2.05) is 0 Å². The molecule has 2 aromatic carbocycles. The SMILES string of the molecule is CC1CNc2ccc3c(C4CC4)cccc3c21. The Morgan fingerprint density at radius 1 is 1.06 bits per heavy atom. The van der Waals surface area contributed by atoms with Crippen LogP contribution in [0.3, 0.4) is 0 Å². The van der Waals surface area contributed by atoms with E-state index in [9.17, 15) is 0 Å². The van der Waals surface area contributed by atoms with Crippen molar-refractivity contribution in [1.82, 2.24) is 0 Å². The molecule has 0 aromatic heterocycles. The molecule has 1 aliphatic carbocycles. The molecule has 1 saturated carbocycles. The molecule has 0 bridgehead atoms. The first-order valence-corrected chi connectivity index (χ1v) is 6.64. The molecule has 17 heavy (non-hydrogen) atoms. The minimum Gasteiger partial charge on any atom is -0.384 e. The van der Waals surface area contributed by atoms with E-state index in [0.29, 0.717) is 5.92 Å². The number of hydrogen-bond acceptors (Lipinski definition) is 1. The average molecular weight is 223 g/mol. The minimum atomic E-state index is 0.642. The second-order valence-corrected chi connectivity index (χ2v) is 5.53. The van der Waals surface area contributed by atoms with Gasteiger partial charge in [-0.05, 0) is 46.7 Å². The van der Waals surface area contributed by atoms with Gasteiger partial charge in [0.05, 0.1) is 0 Å². The van der Waals surface area contributed by atoms with Gasteiger partial charge in [-0.2, -0.15) is 0 Å². The zero-order valence-corrected chi connectivity index (χ0v) is 10.2. The number of hydrogen-bond donors (Lipinski definition) is 1. The van der Waals surface area contributed by atoms with Crippen molar-refractivity contribution in [3.8, 4) is 0 Å². The maximum atomic E-state index is 3.51. The largest absolute Gasteiger partial charge is 0.384 e. The van der Waals surface area contributed by atoms with Gasteiger partial charge in [0.2, 0.25) is 0 Å². The standard InChI is InChI=1S/C16H17N/c1-10-9-17-15-8-7-13-12(11-5-6-11)3-2-4-14(13)16(10)15/h2-4,7-8,10-11,17H,5-6,9H2,1H3. The number of rotatable bonds is 1. The second-order valence-electron chi connectivity index (χ2n) is 5.53. The Morgan fingerprint density at radius 2 is 1.94 bits per heavy atom. The van der Waals surface area contributed by atoms with E-state index in [1.165, 1.54) is 34.9 Å². The highest BCUT2D eigenvalue weighted by Gasteiger charge is 2.27. The molecule has 0 saturated heterocycles. The van der Waals surface area contributed by atoms with Crippen molar-refractivity contribution in [1.29, 1.82) is 0 Å². The van der Waals surface area contributed by atoms with Crippen LogP contribution in [-0.4, -0.2) is 6.54 Å². The molecule has 1 nitrogen and oxygen atoms in total. The van der Waals surface area contributed by atoms with Crippen LogP contribution in [0.5, 0.6) is 0 Å². The van der Waals surface area contributed by atoms with Gasteiger partial charge in [0, 0.05) is 18.2 Å². The van der Waals surface area contributed by atoms with Gasteiger partial charge in [-0.3, -0.25) is 0 Å². The van der Waals surface area contributed by atoms with Crippen LogP contribution in [0.1, 0.15) is 42.7 Å². The molecular weight excluding hydrogens is 206 g/mol. The first kappa shape index (κ1) is 9.52. The third-order valence-corrected chi connectivity index (χ3v) is 4.25. The fraction of sp³-hybridized carbons (Fsp3) is 0.375. The van der Waals surface area contributed by atoms with Crippen molar-refractivity contribution < 1.29 is 0 Å². The highest BCUT2D eigenvalue weighted by atomic mass is 14.9. The first-order valence-electron chi connectivity index (χ1n) is 6.64. The second kappa shape index (κ2) is 3.25. The number of fused-ring (bicyclic) bond motifs is 3. The van der Waals surface area contributed by atoms with Crippen molar-refractivity contribution in [2.24, 2.45) is 0 Å². The van der Waals surface area contributed by atoms with E-state index in [-0.39, 0.29) is 0 Å². The third kappa shape index (κ3) is 1.32. The molecule has 0 spiro atoms. The smallest absolute Gasteiger partial charge is 0.0382 e. The van der Waals surface area contributed by atoms with Crippen molar-refractivity contribution in [3.05, 3.63) is 41.5 Å². The van der Waals surface area contributed by atoms with Gasteiger partial charge in [-0.15, -0.1) is 0 Å². The van der Waals surface area contributed by atoms with Crippen molar-refractivity contribution >= 4 is 16.5 Å². The zero-order valence-electron chi connectivity index (χ0n) is 10.2. The number of benzene rings is 2. The molecule has 1 fully saturated rings. The van der Waals surface area contributed by atoms with E-state index in [2.05, 4.69) is 42.6 Å². The maximum absolute atomic E-state index is 3.51. The molecule has 1 heterocycles. The predicted molar refractivity (Wildman–Crippen MR) is 72.8 cm³/mol. The molecule has 1 N–H and O–H groups in total. The van der Waals surface area contributed by atoms with Gasteiger partial charge in [-0.25, -0.2) is 0 Å². The van der Waals surface area contributed by atoms with Crippen LogP contribution in [0, 0.1) is 0 Å². The Bertz CT molecular complexity index is 596. The molecule has 2 aliphatic rings. The van der Waals surface area contributed by atoms with Gasteiger partial charge in [0.1, 0.15) is 0 Å². The molecular formula is C16H17N. The van der Waals surface area contributed by atoms with Gasteiger partial charge in [0.15, 0.2) is 0 Å². The van der Waals surface area contributed by atoms with Crippen LogP contribution < -0.4 is 5.32 Å². The lowest BCUT2D eigenvalue weighted by Gasteiger charge is -2.11. The molecule has 4 rings (SSSR count). The highest BCUT2D eigenvalue weighted by Crippen LogP contribution is 2.45. The number of anilines is 1. The molecule has 0 amide bonds. The third-order valence-electron chi connectivity index (χ3n) is 4.25.